The summed E-state index contributed by atoms with van der Waals surface area (Å²) < 4.78 is 0. The van der Waals surface area contributed by atoms with E-state index in [4.69, 9.17) is 28.3 Å². The van der Waals surface area contributed by atoms with Gasteiger partial charge in [-0.2, -0.15) is 0 Å². The minimum absolute atomic E-state index is 0.208. The lowest BCUT2D eigenvalue weighted by Crippen LogP contribution is -2.13. The molecule has 0 aromatic heterocycles. The molecule has 0 radical (unpaired) electrons. The maximum absolute atomic E-state index is 7.09. The Hall–Kier alpha value is -2.76. The van der Waals surface area contributed by atoms with Crippen LogP contribution in [0.2, 0.25) is 0 Å². The van der Waals surface area contributed by atoms with Crippen LogP contribution >= 0.6 is 0 Å². The minimum Gasteiger partial charge on any atom is -0.404 e. The zero-order valence-corrected chi connectivity index (χ0v) is 9.80. The van der Waals surface area contributed by atoms with Crippen molar-refractivity contribution in [3.05, 3.63) is 47.8 Å². The van der Waals surface area contributed by atoms with Crippen molar-refractivity contribution in [2.45, 2.75) is 0 Å². The van der Waals surface area contributed by atoms with E-state index >= 15 is 0 Å². The van der Waals surface area contributed by atoms with Crippen molar-refractivity contribution in [1.82, 2.24) is 0 Å². The van der Waals surface area contributed by atoms with Gasteiger partial charge in [-0.25, -0.2) is 4.99 Å². The quantitative estimate of drug-likeness (QED) is 0.229. The standard InChI is InChI=1S/C12H16N6/c13-6-8(7-14)11(16)5-12(17)18-10-3-1-2-9(15)4-10/h1-7,13H,14-16H2,(H2,17,18)/b8-7?,11-5-,13-6?. The Morgan fingerprint density at radius 1 is 1.28 bits per heavy atom. The van der Waals surface area contributed by atoms with Gasteiger partial charge in [0.05, 0.1) is 5.69 Å². The SMILES string of the molecule is N=CC(=CN)/C(N)=C/C(N)=Nc1cccc(N)c1. The summed E-state index contributed by atoms with van der Waals surface area (Å²) in [7, 11) is 0. The zero-order valence-electron chi connectivity index (χ0n) is 9.80. The second-order valence-corrected chi connectivity index (χ2v) is 3.50. The second-order valence-electron chi connectivity index (χ2n) is 3.50. The molecule has 1 aromatic carbocycles. The van der Waals surface area contributed by atoms with Crippen molar-refractivity contribution in [2.24, 2.45) is 22.2 Å². The van der Waals surface area contributed by atoms with E-state index in [0.29, 0.717) is 16.9 Å². The first-order chi connectivity index (χ1) is 8.56. The summed E-state index contributed by atoms with van der Waals surface area (Å²) in [4.78, 5) is 4.13. The molecular weight excluding hydrogens is 228 g/mol. The molecule has 94 valence electrons. The molecule has 0 aliphatic rings. The van der Waals surface area contributed by atoms with Crippen LogP contribution in [0.1, 0.15) is 0 Å². The summed E-state index contributed by atoms with van der Waals surface area (Å²) in [6.45, 7) is 0. The molecule has 1 aromatic rings. The first-order valence-corrected chi connectivity index (χ1v) is 5.16. The van der Waals surface area contributed by atoms with E-state index in [2.05, 4.69) is 4.99 Å². The first-order valence-electron chi connectivity index (χ1n) is 5.16. The van der Waals surface area contributed by atoms with Gasteiger partial charge in [-0.3, -0.25) is 0 Å². The van der Waals surface area contributed by atoms with Crippen LogP contribution in [-0.4, -0.2) is 12.1 Å². The number of rotatable bonds is 4. The third-order valence-corrected chi connectivity index (χ3v) is 2.10. The molecule has 9 N–H and O–H groups in total. The number of hydrogen-bond donors (Lipinski definition) is 5. The summed E-state index contributed by atoms with van der Waals surface area (Å²) in [6, 6.07) is 6.98. The van der Waals surface area contributed by atoms with Gasteiger partial charge >= 0.3 is 0 Å². The number of hydrogen-bond acceptors (Lipinski definition) is 5. The lowest BCUT2D eigenvalue weighted by molar-refractivity contribution is 1.34. The van der Waals surface area contributed by atoms with E-state index < -0.39 is 0 Å². The van der Waals surface area contributed by atoms with Crippen molar-refractivity contribution in [2.75, 3.05) is 5.73 Å². The van der Waals surface area contributed by atoms with E-state index in [-0.39, 0.29) is 11.5 Å². The Labute approximate surface area is 105 Å². The molecule has 0 fully saturated rings. The maximum Gasteiger partial charge on any atom is 0.126 e. The van der Waals surface area contributed by atoms with Gasteiger partial charge in [-0.1, -0.05) is 6.07 Å². The van der Waals surface area contributed by atoms with Crippen LogP contribution in [0.15, 0.2) is 52.8 Å². The molecule has 0 saturated heterocycles. The lowest BCUT2D eigenvalue weighted by atomic mass is 10.2. The molecule has 0 unspecified atom stereocenters. The van der Waals surface area contributed by atoms with Crippen LogP contribution < -0.4 is 22.9 Å². The van der Waals surface area contributed by atoms with E-state index in [1.54, 1.807) is 24.3 Å². The largest absolute Gasteiger partial charge is 0.404 e. The number of anilines is 1. The van der Waals surface area contributed by atoms with Crippen LogP contribution in [0.4, 0.5) is 11.4 Å². The molecule has 6 heteroatoms. The number of nitrogens with one attached hydrogen (secondary N) is 1. The Balaban J connectivity index is 2.98. The second kappa shape index (κ2) is 6.09. The number of nitrogen functional groups attached to an aromatic ring is 1. The molecule has 0 spiro atoms. The van der Waals surface area contributed by atoms with Crippen molar-refractivity contribution in [3.63, 3.8) is 0 Å². The van der Waals surface area contributed by atoms with Gasteiger partial charge in [0, 0.05) is 35.4 Å². The normalized spacial score (nSPS) is 13.4. The third-order valence-electron chi connectivity index (χ3n) is 2.10. The minimum atomic E-state index is 0.208. The van der Waals surface area contributed by atoms with Crippen molar-refractivity contribution < 1.29 is 0 Å². The topological polar surface area (TPSA) is 140 Å². The third kappa shape index (κ3) is 3.67. The molecule has 0 aliphatic heterocycles. The fourth-order valence-electron chi connectivity index (χ4n) is 1.25. The van der Waals surface area contributed by atoms with Gasteiger partial charge in [0.2, 0.25) is 0 Å². The first kappa shape index (κ1) is 13.3. The lowest BCUT2D eigenvalue weighted by Gasteiger charge is -2.01. The van der Waals surface area contributed by atoms with Crippen molar-refractivity contribution in [3.8, 4) is 0 Å². The highest BCUT2D eigenvalue weighted by Gasteiger charge is 1.98. The van der Waals surface area contributed by atoms with Gasteiger partial charge in [-0.05, 0) is 18.2 Å². The van der Waals surface area contributed by atoms with Crippen molar-refractivity contribution >= 4 is 23.4 Å². The summed E-state index contributed by atoms with van der Waals surface area (Å²) in [5.41, 5.74) is 24.2. The Morgan fingerprint density at radius 2 is 2.00 bits per heavy atom. The number of allylic oxidation sites excluding steroid dienone is 1. The van der Waals surface area contributed by atoms with Crippen LogP contribution in [0, 0.1) is 5.41 Å². The summed E-state index contributed by atoms with van der Waals surface area (Å²) in [5.74, 6) is 0.208. The van der Waals surface area contributed by atoms with Crippen LogP contribution in [0.25, 0.3) is 0 Å². The zero-order chi connectivity index (χ0) is 13.5. The fraction of sp³-hybridized carbons (Fsp3) is 0. The van der Waals surface area contributed by atoms with Crippen LogP contribution in [0.3, 0.4) is 0 Å². The molecule has 0 saturated carbocycles. The molecule has 0 heterocycles. The fourth-order valence-corrected chi connectivity index (χ4v) is 1.25. The number of nitrogens with two attached hydrogens (primary N) is 4. The highest BCUT2D eigenvalue weighted by Crippen LogP contribution is 2.15. The number of amidine groups is 1. The highest BCUT2D eigenvalue weighted by atomic mass is 14.9. The molecular formula is C12H16N6. The smallest absolute Gasteiger partial charge is 0.126 e. The van der Waals surface area contributed by atoms with Gasteiger partial charge < -0.3 is 28.3 Å². The van der Waals surface area contributed by atoms with Crippen LogP contribution in [0.5, 0.6) is 0 Å². The number of nitrogens with zero attached hydrogens (tertiary/aromatic N) is 1. The molecule has 0 atom stereocenters. The summed E-state index contributed by atoms with van der Waals surface area (Å²) in [5, 5.41) is 7.09. The average Bonchev–Trinajstić information content (AvgIpc) is 2.30. The number of aliphatic imine (C=N–C) groups is 1. The van der Waals surface area contributed by atoms with Crippen LogP contribution in [-0.2, 0) is 0 Å². The molecule has 0 amide bonds. The van der Waals surface area contributed by atoms with E-state index in [0.717, 1.165) is 6.21 Å². The average molecular weight is 244 g/mol. The molecule has 0 bridgehead atoms. The monoisotopic (exact) mass is 244 g/mol. The highest BCUT2D eigenvalue weighted by molar-refractivity contribution is 5.96. The van der Waals surface area contributed by atoms with Gasteiger partial charge in [0.1, 0.15) is 5.84 Å². The van der Waals surface area contributed by atoms with Gasteiger partial charge in [-0.15, -0.1) is 0 Å². The predicted molar refractivity (Wildman–Crippen MR) is 75.5 cm³/mol. The number of benzene rings is 1. The van der Waals surface area contributed by atoms with E-state index in [1.807, 2.05) is 0 Å². The molecule has 0 aliphatic carbocycles. The molecule has 6 nitrogen and oxygen atoms in total. The molecule has 18 heavy (non-hydrogen) atoms. The van der Waals surface area contributed by atoms with E-state index in [9.17, 15) is 0 Å². The Kier molecular flexibility index (Phi) is 4.50. The van der Waals surface area contributed by atoms with Crippen molar-refractivity contribution in [1.29, 1.82) is 5.41 Å². The Bertz CT molecular complexity index is 527. The van der Waals surface area contributed by atoms with Gasteiger partial charge in [0.25, 0.3) is 0 Å². The maximum atomic E-state index is 7.09. The summed E-state index contributed by atoms with van der Waals surface area (Å²) in [6.07, 6.45) is 3.71. The van der Waals surface area contributed by atoms with E-state index in [1.165, 1.54) is 12.3 Å². The van der Waals surface area contributed by atoms with Gasteiger partial charge in [0.15, 0.2) is 0 Å². The Morgan fingerprint density at radius 3 is 2.56 bits per heavy atom. The summed E-state index contributed by atoms with van der Waals surface area (Å²) >= 11 is 0. The predicted octanol–water partition coefficient (Wildman–Crippen LogP) is 0.592. The molecule has 1 rings (SSSR count).